The molecule has 0 unspecified atom stereocenters. The van der Waals surface area contributed by atoms with E-state index in [0.29, 0.717) is 0 Å². The normalized spacial score (nSPS) is 18.2. The summed E-state index contributed by atoms with van der Waals surface area (Å²) in [4.78, 5) is 0. The van der Waals surface area contributed by atoms with E-state index in [9.17, 15) is 69.1 Å². The Kier molecular flexibility index (Phi) is 92.6. The Bertz CT molecular complexity index is 1420. The second-order valence-corrected chi connectivity index (χ2v) is 56.4. The van der Waals surface area contributed by atoms with Gasteiger partial charge in [0.05, 0.1) is 148 Å². The molecule has 0 amide bonds. The molecule has 8 fully saturated rings. The van der Waals surface area contributed by atoms with Crippen molar-refractivity contribution in [1.29, 1.82) is 0 Å². The van der Waals surface area contributed by atoms with Gasteiger partial charge in [0, 0.05) is 63.4 Å². The van der Waals surface area contributed by atoms with Crippen molar-refractivity contribution < 1.29 is 159 Å². The maximum Gasteiger partial charge on any atom is 1.00 e. The van der Waals surface area contributed by atoms with Crippen molar-refractivity contribution in [3.8, 4) is 0 Å². The Morgan fingerprint density at radius 3 is 0.241 bits per heavy atom. The van der Waals surface area contributed by atoms with Crippen LogP contribution in [0.25, 0.3) is 0 Å². The first-order valence-electron chi connectivity index (χ1n) is 44.0. The van der Waals surface area contributed by atoms with Crippen LogP contribution in [0.2, 0.25) is 0 Å². The van der Waals surface area contributed by atoms with E-state index in [1.807, 2.05) is 0 Å². The summed E-state index contributed by atoms with van der Waals surface area (Å²) in [6, 6.07) is 0. The Labute approximate surface area is 726 Å². The SMILES string of the molecule is C(CCCCC[PH+]1CCCC1)CCCCC[PH+]1CCCC1.C(CCCCC[PH+]1CCCC1)CCCCC[PH+]1CCCC1.C(CCCCC[PH+]1CCCC1)CCCCC[PH+]1CCCC1.C(CCCCC[PH+]1CCCC1)CCCCC[PH+]1CCCC1.F[B-](F)(F)F.F[B-](F)(F)F.F[B-](F)(F)F.F[B-](F)(F)F.[Ag+].[Ag+].[Ag+].[Ag+]. The monoisotopic (exact) mass is 2100 g/mol. The van der Waals surface area contributed by atoms with Crippen molar-refractivity contribution in [3.05, 3.63) is 0 Å². The Balaban J connectivity index is -0.000000607. The second kappa shape index (κ2) is 83.4. The third-order valence-corrected chi connectivity index (χ3v) is 48.2. The standard InChI is InChI=1S/4C19H38P2.4Ag.4BF4/c4*1(2-4-6-8-14-20-16-10-11-17-20)3-5-7-9-15-21-18-12-13-19-21;;;;;4*2-1(3,4)5/h4*1-19H2;;;;;;;;/q;;;;4*+1;4*-1/p+8. The topological polar surface area (TPSA) is 0 Å². The zero-order valence-electron chi connectivity index (χ0n) is 67.3. The molecule has 0 radical (unpaired) electrons. The fraction of sp³-hybridized carbons (Fsp3) is 1.00. The number of hydrogen-bond acceptors (Lipinski definition) is 0. The third kappa shape index (κ3) is 98.7. The van der Waals surface area contributed by atoms with Gasteiger partial charge < -0.3 is 69.1 Å². The number of hydrogen-bond donors (Lipinski definition) is 0. The van der Waals surface area contributed by atoms with Crippen molar-refractivity contribution in [2.75, 3.05) is 148 Å². The first kappa shape index (κ1) is 120. The van der Waals surface area contributed by atoms with Crippen LogP contribution in [0.4, 0.5) is 69.1 Å². The largest absolute Gasteiger partial charge is 1.00 e. The predicted molar refractivity (Wildman–Crippen MR) is 464 cm³/mol. The van der Waals surface area contributed by atoms with E-state index in [2.05, 4.69) is 0 Å². The van der Waals surface area contributed by atoms with Gasteiger partial charge in [0.2, 0.25) is 0 Å². The third-order valence-electron chi connectivity index (χ3n) is 22.7. The Morgan fingerprint density at radius 1 is 0.120 bits per heavy atom. The number of halogens is 16. The number of rotatable bonds is 48. The summed E-state index contributed by atoms with van der Waals surface area (Å²) in [6.07, 6.45) is 120. The van der Waals surface area contributed by atoms with Crippen molar-refractivity contribution in [1.82, 2.24) is 0 Å². The maximum absolute atomic E-state index is 9.75. The van der Waals surface area contributed by atoms with Crippen LogP contribution in [0, 0.1) is 0 Å². The molecule has 0 aromatic heterocycles. The molecule has 0 nitrogen and oxygen atoms in total. The molecule has 8 rings (SSSR count). The van der Waals surface area contributed by atoms with Gasteiger partial charge in [-0.2, -0.15) is 0 Å². The minimum Gasteiger partial charge on any atom is -0.418 e. The first-order chi connectivity index (χ1) is 49.8. The van der Waals surface area contributed by atoms with E-state index < -0.39 is 29.0 Å². The molecule has 8 aliphatic heterocycles. The van der Waals surface area contributed by atoms with Crippen LogP contribution >= 0.6 is 63.4 Å². The number of unbranched alkanes of at least 4 members (excludes halogenated alkanes) is 32. The summed E-state index contributed by atoms with van der Waals surface area (Å²) in [7, 11) is -22.6. The van der Waals surface area contributed by atoms with Gasteiger partial charge in [-0.25, -0.2) is 0 Å². The summed E-state index contributed by atoms with van der Waals surface area (Å²) in [5.41, 5.74) is 0. The summed E-state index contributed by atoms with van der Waals surface area (Å²) >= 11 is 0. The molecule has 8 heterocycles. The minimum absolute atomic E-state index is 0. The van der Waals surface area contributed by atoms with Crippen molar-refractivity contribution in [3.63, 3.8) is 0 Å². The molecule has 0 saturated carbocycles. The second-order valence-electron chi connectivity index (χ2n) is 32.4. The molecule has 0 aromatic carbocycles. The van der Waals surface area contributed by atoms with Crippen LogP contribution in [0.1, 0.15) is 334 Å². The average Bonchev–Trinajstić information content (AvgIpc) is 1.91. The zero-order chi connectivity index (χ0) is 76.4. The van der Waals surface area contributed by atoms with Crippen molar-refractivity contribution in [2.24, 2.45) is 0 Å². The predicted octanol–water partition coefficient (Wildman–Crippen LogP) is 31.2. The molecular weight excluding hydrogens is 1940 g/mol. The first-order valence-corrected chi connectivity index (χ1v) is 60.9. The van der Waals surface area contributed by atoms with Crippen LogP contribution in [-0.2, 0) is 89.5 Å². The molecule has 32 heteroatoms. The van der Waals surface area contributed by atoms with Gasteiger partial charge in [0.1, 0.15) is 0 Å². The van der Waals surface area contributed by atoms with Gasteiger partial charge >= 0.3 is 119 Å². The molecule has 0 spiro atoms. The molecule has 0 atom stereocenters. The van der Waals surface area contributed by atoms with Crippen LogP contribution in [0.3, 0.4) is 0 Å². The zero-order valence-corrected chi connectivity index (χ0v) is 81.2. The Morgan fingerprint density at radius 2 is 0.176 bits per heavy atom. The summed E-state index contributed by atoms with van der Waals surface area (Å²) in [5.74, 6) is 0. The van der Waals surface area contributed by atoms with E-state index in [4.69, 9.17) is 0 Å². The van der Waals surface area contributed by atoms with Crippen LogP contribution in [0.15, 0.2) is 0 Å². The fourth-order valence-electron chi connectivity index (χ4n) is 16.9. The molecule has 8 saturated heterocycles. The average molecular weight is 2100 g/mol. The van der Waals surface area contributed by atoms with Gasteiger partial charge in [-0.05, 0) is 205 Å². The van der Waals surface area contributed by atoms with Crippen molar-refractivity contribution >= 4 is 92.4 Å². The van der Waals surface area contributed by atoms with Gasteiger partial charge in [0.15, 0.2) is 0 Å². The van der Waals surface area contributed by atoms with E-state index in [-0.39, 0.29) is 153 Å². The van der Waals surface area contributed by atoms with Gasteiger partial charge in [-0.3, -0.25) is 0 Å². The molecular formula is C76H160Ag4B4F16P8+8. The van der Waals surface area contributed by atoms with E-state index in [1.165, 1.54) is 128 Å². The van der Waals surface area contributed by atoms with Crippen LogP contribution < -0.4 is 0 Å². The van der Waals surface area contributed by atoms with Crippen LogP contribution in [0.5, 0.6) is 0 Å². The summed E-state index contributed by atoms with van der Waals surface area (Å²) < 4.78 is 156. The van der Waals surface area contributed by atoms with Gasteiger partial charge in [-0.15, -0.1) is 0 Å². The van der Waals surface area contributed by atoms with E-state index >= 15 is 0 Å². The van der Waals surface area contributed by atoms with Gasteiger partial charge in [0.25, 0.3) is 0 Å². The smallest absolute Gasteiger partial charge is 0.418 e. The Hall–Kier alpha value is 5.54. The van der Waals surface area contributed by atoms with Crippen LogP contribution in [-0.4, -0.2) is 177 Å². The molecule has 0 N–H and O–H groups in total. The van der Waals surface area contributed by atoms with E-state index in [1.54, 1.807) is 353 Å². The van der Waals surface area contributed by atoms with E-state index in [0.717, 1.165) is 0 Å². The molecule has 0 bridgehead atoms. The fourth-order valence-corrected chi connectivity index (χ4v) is 40.9. The quantitative estimate of drug-likeness (QED) is 0.0247. The van der Waals surface area contributed by atoms with Crippen molar-refractivity contribution in [2.45, 2.75) is 334 Å². The summed E-state index contributed by atoms with van der Waals surface area (Å²) in [5, 5.41) is 0. The molecule has 8 aliphatic rings. The molecule has 664 valence electrons. The molecule has 0 aromatic rings. The molecule has 108 heavy (non-hydrogen) atoms. The molecule has 0 aliphatic carbocycles. The summed E-state index contributed by atoms with van der Waals surface area (Å²) in [6.45, 7) is 0. The van der Waals surface area contributed by atoms with Gasteiger partial charge in [-0.1, -0.05) is 128 Å². The minimum atomic E-state index is -6.00. The maximum atomic E-state index is 9.75.